The Hall–Kier alpha value is -1.40. The number of hydrogen-bond acceptors (Lipinski definition) is 4. The summed E-state index contributed by atoms with van der Waals surface area (Å²) in [6.07, 6.45) is 3.48. The second kappa shape index (κ2) is 6.37. The van der Waals surface area contributed by atoms with Crippen molar-refractivity contribution in [2.45, 2.75) is 45.2 Å². The molecule has 0 unspecified atom stereocenters. The predicted octanol–water partition coefficient (Wildman–Crippen LogP) is 2.05. The number of amides is 2. The first-order valence-electron chi connectivity index (χ1n) is 6.92. The number of rotatable bonds is 4. The molecule has 1 aliphatic heterocycles. The Kier molecular flexibility index (Phi) is 4.77. The van der Waals surface area contributed by atoms with Gasteiger partial charge in [-0.05, 0) is 38.1 Å². The predicted molar refractivity (Wildman–Crippen MR) is 80.9 cm³/mol. The third-order valence-corrected chi connectivity index (χ3v) is 4.72. The Morgan fingerprint density at radius 3 is 2.65 bits per heavy atom. The van der Waals surface area contributed by atoms with Gasteiger partial charge >= 0.3 is 0 Å². The molecule has 110 valence electrons. The van der Waals surface area contributed by atoms with Crippen LogP contribution in [-0.4, -0.2) is 35.3 Å². The van der Waals surface area contributed by atoms with E-state index in [0.717, 1.165) is 12.8 Å². The van der Waals surface area contributed by atoms with Gasteiger partial charge in [0.15, 0.2) is 0 Å². The zero-order valence-electron chi connectivity index (χ0n) is 11.9. The lowest BCUT2D eigenvalue weighted by Gasteiger charge is -2.38. The van der Waals surface area contributed by atoms with E-state index in [1.165, 1.54) is 17.8 Å². The van der Waals surface area contributed by atoms with Crippen LogP contribution in [0, 0.1) is 0 Å². The Balaban J connectivity index is 1.98. The molecular formula is C14H21N3O2S. The highest BCUT2D eigenvalue weighted by atomic mass is 32.1. The van der Waals surface area contributed by atoms with E-state index in [1.807, 2.05) is 0 Å². The lowest BCUT2D eigenvalue weighted by Crippen LogP contribution is -2.47. The molecular weight excluding hydrogens is 274 g/mol. The molecule has 2 heterocycles. The highest BCUT2D eigenvalue weighted by Gasteiger charge is 2.26. The molecule has 2 atom stereocenters. The van der Waals surface area contributed by atoms with Crippen molar-refractivity contribution in [3.05, 3.63) is 17.0 Å². The van der Waals surface area contributed by atoms with E-state index >= 15 is 0 Å². The quantitative estimate of drug-likeness (QED) is 0.892. The van der Waals surface area contributed by atoms with Crippen LogP contribution in [0.3, 0.4) is 0 Å². The molecule has 0 aromatic carbocycles. The molecule has 5 nitrogen and oxygen atoms in total. The number of piperidine rings is 1. The van der Waals surface area contributed by atoms with Crippen molar-refractivity contribution in [2.24, 2.45) is 5.73 Å². The topological polar surface area (TPSA) is 75.4 Å². The Morgan fingerprint density at radius 1 is 1.40 bits per heavy atom. The summed E-state index contributed by atoms with van der Waals surface area (Å²) in [5, 5.41) is 5.09. The molecule has 2 amide bonds. The van der Waals surface area contributed by atoms with Crippen LogP contribution in [0.5, 0.6) is 0 Å². The number of primary amides is 1. The van der Waals surface area contributed by atoms with Gasteiger partial charge in [0.2, 0.25) is 5.91 Å². The van der Waals surface area contributed by atoms with Gasteiger partial charge in [0.25, 0.3) is 5.91 Å². The first kappa shape index (κ1) is 15.0. The standard InChI is InChI=1S/C14H21N3O2S/c1-9-4-3-5-10(2)17(9)8-12(18)16-14-11(13(15)19)6-7-20-14/h6-7,9-10H,3-5,8H2,1-2H3,(H2,15,19)(H,16,18)/t9-,10+. The summed E-state index contributed by atoms with van der Waals surface area (Å²) in [5.74, 6) is -0.600. The lowest BCUT2D eigenvalue weighted by molar-refractivity contribution is -0.118. The van der Waals surface area contributed by atoms with Crippen molar-refractivity contribution in [2.75, 3.05) is 11.9 Å². The highest BCUT2D eigenvalue weighted by Crippen LogP contribution is 2.24. The van der Waals surface area contributed by atoms with Crippen molar-refractivity contribution in [3.8, 4) is 0 Å². The molecule has 1 aromatic rings. The lowest BCUT2D eigenvalue weighted by atomic mass is 9.97. The summed E-state index contributed by atoms with van der Waals surface area (Å²) < 4.78 is 0. The fourth-order valence-electron chi connectivity index (χ4n) is 2.72. The van der Waals surface area contributed by atoms with Crippen molar-refractivity contribution in [1.82, 2.24) is 4.90 Å². The summed E-state index contributed by atoms with van der Waals surface area (Å²) in [6.45, 7) is 4.67. The average Bonchev–Trinajstić information content (AvgIpc) is 2.82. The smallest absolute Gasteiger partial charge is 0.251 e. The molecule has 1 aliphatic rings. The van der Waals surface area contributed by atoms with Gasteiger partial charge in [-0.3, -0.25) is 14.5 Å². The van der Waals surface area contributed by atoms with Gasteiger partial charge in [-0.2, -0.15) is 0 Å². The van der Waals surface area contributed by atoms with Gasteiger partial charge in [-0.15, -0.1) is 11.3 Å². The van der Waals surface area contributed by atoms with E-state index in [-0.39, 0.29) is 5.91 Å². The van der Waals surface area contributed by atoms with Crippen molar-refractivity contribution in [1.29, 1.82) is 0 Å². The van der Waals surface area contributed by atoms with E-state index in [0.29, 0.717) is 29.2 Å². The highest BCUT2D eigenvalue weighted by molar-refractivity contribution is 7.14. The molecule has 0 aliphatic carbocycles. The number of carbonyl (C=O) groups is 2. The van der Waals surface area contributed by atoms with Crippen LogP contribution in [0.25, 0.3) is 0 Å². The second-order valence-electron chi connectivity index (χ2n) is 5.38. The van der Waals surface area contributed by atoms with Crippen molar-refractivity contribution in [3.63, 3.8) is 0 Å². The molecule has 1 saturated heterocycles. The number of nitrogens with zero attached hydrogens (tertiary/aromatic N) is 1. The molecule has 1 fully saturated rings. The van der Waals surface area contributed by atoms with Gasteiger partial charge in [0.05, 0.1) is 12.1 Å². The monoisotopic (exact) mass is 295 g/mol. The van der Waals surface area contributed by atoms with Gasteiger partial charge < -0.3 is 11.1 Å². The summed E-state index contributed by atoms with van der Waals surface area (Å²) in [6, 6.07) is 2.47. The first-order valence-corrected chi connectivity index (χ1v) is 7.80. The van der Waals surface area contributed by atoms with Gasteiger partial charge in [-0.25, -0.2) is 0 Å². The molecule has 1 aromatic heterocycles. The van der Waals surface area contributed by atoms with E-state index < -0.39 is 5.91 Å². The SMILES string of the molecule is C[C@@H]1CCC[C@H](C)N1CC(=O)Nc1sccc1C(N)=O. The maximum absolute atomic E-state index is 12.1. The maximum atomic E-state index is 12.1. The average molecular weight is 295 g/mol. The summed E-state index contributed by atoms with van der Waals surface area (Å²) in [5.41, 5.74) is 5.65. The van der Waals surface area contributed by atoms with Crippen LogP contribution in [0.1, 0.15) is 43.5 Å². The molecule has 0 radical (unpaired) electrons. The molecule has 3 N–H and O–H groups in total. The minimum Gasteiger partial charge on any atom is -0.366 e. The third kappa shape index (κ3) is 3.37. The minimum atomic E-state index is -0.513. The number of nitrogens with two attached hydrogens (primary N) is 1. The number of hydrogen-bond donors (Lipinski definition) is 2. The molecule has 0 bridgehead atoms. The van der Waals surface area contributed by atoms with E-state index in [1.54, 1.807) is 11.4 Å². The fraction of sp³-hybridized carbons (Fsp3) is 0.571. The number of nitrogens with one attached hydrogen (secondary N) is 1. The van der Waals surface area contributed by atoms with Crippen LogP contribution in [0.4, 0.5) is 5.00 Å². The van der Waals surface area contributed by atoms with Crippen LogP contribution >= 0.6 is 11.3 Å². The molecule has 20 heavy (non-hydrogen) atoms. The number of carbonyl (C=O) groups excluding carboxylic acids is 2. The van der Waals surface area contributed by atoms with Crippen LogP contribution in [0.2, 0.25) is 0 Å². The molecule has 0 saturated carbocycles. The number of anilines is 1. The van der Waals surface area contributed by atoms with Gasteiger partial charge in [0, 0.05) is 12.1 Å². The zero-order chi connectivity index (χ0) is 14.7. The maximum Gasteiger partial charge on any atom is 0.251 e. The Morgan fingerprint density at radius 2 is 2.05 bits per heavy atom. The summed E-state index contributed by atoms with van der Waals surface area (Å²) in [7, 11) is 0. The van der Waals surface area contributed by atoms with Crippen molar-refractivity contribution >= 4 is 28.2 Å². The van der Waals surface area contributed by atoms with Crippen molar-refractivity contribution < 1.29 is 9.59 Å². The molecule has 0 spiro atoms. The third-order valence-electron chi connectivity index (χ3n) is 3.89. The normalized spacial score (nSPS) is 23.5. The minimum absolute atomic E-state index is 0.0875. The van der Waals surface area contributed by atoms with E-state index in [2.05, 4.69) is 24.1 Å². The van der Waals surface area contributed by atoms with Crippen LogP contribution in [-0.2, 0) is 4.79 Å². The van der Waals surface area contributed by atoms with E-state index in [4.69, 9.17) is 5.73 Å². The summed E-state index contributed by atoms with van der Waals surface area (Å²) >= 11 is 1.32. The second-order valence-corrected chi connectivity index (χ2v) is 6.29. The van der Waals surface area contributed by atoms with E-state index in [9.17, 15) is 9.59 Å². The Labute approximate surface area is 123 Å². The van der Waals surface area contributed by atoms with Crippen LogP contribution in [0.15, 0.2) is 11.4 Å². The first-order chi connectivity index (χ1) is 9.49. The largest absolute Gasteiger partial charge is 0.366 e. The fourth-order valence-corrected chi connectivity index (χ4v) is 3.53. The molecule has 2 rings (SSSR count). The number of thiophene rings is 1. The van der Waals surface area contributed by atoms with Gasteiger partial charge in [0.1, 0.15) is 5.00 Å². The van der Waals surface area contributed by atoms with Crippen LogP contribution < -0.4 is 11.1 Å². The Bertz CT molecular complexity index is 490. The molecule has 6 heteroatoms. The summed E-state index contributed by atoms with van der Waals surface area (Å²) in [4.78, 5) is 25.6. The van der Waals surface area contributed by atoms with Gasteiger partial charge in [-0.1, -0.05) is 6.42 Å². The number of likely N-dealkylation sites (tertiary alicyclic amines) is 1. The zero-order valence-corrected chi connectivity index (χ0v) is 12.7.